The number of nitrogens with one attached hydrogen (secondary N) is 1. The Kier molecular flexibility index (Phi) is 4.47. The molecule has 1 amide bonds. The summed E-state index contributed by atoms with van der Waals surface area (Å²) in [7, 11) is 1.52. The first-order chi connectivity index (χ1) is 12.1. The lowest BCUT2D eigenvalue weighted by atomic mass is 10.2. The number of phenols is 1. The van der Waals surface area contributed by atoms with Gasteiger partial charge in [-0.05, 0) is 24.3 Å². The first-order valence-electron chi connectivity index (χ1n) is 7.31. The van der Waals surface area contributed by atoms with E-state index in [1.165, 1.54) is 31.7 Å². The van der Waals surface area contributed by atoms with Crippen molar-refractivity contribution in [1.29, 1.82) is 0 Å². The number of carbonyl (C=O) groups excluding carboxylic acids is 1. The minimum Gasteiger partial charge on any atom is -0.507 e. The molecule has 0 saturated heterocycles. The van der Waals surface area contributed by atoms with E-state index in [1.54, 1.807) is 30.3 Å². The van der Waals surface area contributed by atoms with Crippen molar-refractivity contribution in [2.24, 2.45) is 5.10 Å². The maximum atomic E-state index is 12.4. The molecule has 126 valence electrons. The standard InChI is InChI=1S/C18H14N2O5/c1-24-12-6-7-14-16(8-12)25-10-11(17(14)22)9-19-20-18(23)13-4-2-3-5-15(13)21/h2-10,21H,1H3,(H,20,23)/b19-9+. The molecule has 3 rings (SSSR count). The molecule has 0 spiro atoms. The summed E-state index contributed by atoms with van der Waals surface area (Å²) < 4.78 is 10.5. The summed E-state index contributed by atoms with van der Waals surface area (Å²) in [6.45, 7) is 0. The Morgan fingerprint density at radius 1 is 1.28 bits per heavy atom. The summed E-state index contributed by atoms with van der Waals surface area (Å²) in [6.07, 6.45) is 2.44. The van der Waals surface area contributed by atoms with Crippen LogP contribution in [0.15, 0.2) is 63.0 Å². The number of hydrogen-bond acceptors (Lipinski definition) is 6. The number of nitrogens with zero attached hydrogens (tertiary/aromatic N) is 1. The number of carbonyl (C=O) groups is 1. The first-order valence-corrected chi connectivity index (χ1v) is 7.31. The number of hydrogen-bond donors (Lipinski definition) is 2. The zero-order valence-corrected chi connectivity index (χ0v) is 13.2. The van der Waals surface area contributed by atoms with Crippen LogP contribution in [0.1, 0.15) is 15.9 Å². The van der Waals surface area contributed by atoms with Crippen LogP contribution in [0.2, 0.25) is 0 Å². The summed E-state index contributed by atoms with van der Waals surface area (Å²) in [5.41, 5.74) is 2.61. The van der Waals surface area contributed by atoms with E-state index in [0.29, 0.717) is 16.7 Å². The van der Waals surface area contributed by atoms with Crippen molar-refractivity contribution in [3.63, 3.8) is 0 Å². The fourth-order valence-electron chi connectivity index (χ4n) is 2.23. The van der Waals surface area contributed by atoms with Gasteiger partial charge in [0.05, 0.1) is 29.8 Å². The molecule has 0 radical (unpaired) electrons. The molecule has 0 fully saturated rings. The lowest BCUT2D eigenvalue weighted by molar-refractivity contribution is 0.0952. The largest absolute Gasteiger partial charge is 0.507 e. The molecular weight excluding hydrogens is 324 g/mol. The van der Waals surface area contributed by atoms with Gasteiger partial charge in [0.15, 0.2) is 0 Å². The van der Waals surface area contributed by atoms with E-state index >= 15 is 0 Å². The second kappa shape index (κ2) is 6.88. The summed E-state index contributed by atoms with van der Waals surface area (Å²) in [4.78, 5) is 24.3. The Morgan fingerprint density at radius 2 is 2.08 bits per heavy atom. The highest BCUT2D eigenvalue weighted by atomic mass is 16.5. The molecule has 0 aliphatic carbocycles. The van der Waals surface area contributed by atoms with E-state index < -0.39 is 5.91 Å². The number of methoxy groups -OCH3 is 1. The van der Waals surface area contributed by atoms with Crippen molar-refractivity contribution >= 4 is 23.1 Å². The third-order valence-electron chi connectivity index (χ3n) is 3.53. The lowest BCUT2D eigenvalue weighted by Gasteiger charge is -2.03. The molecule has 1 aromatic heterocycles. The Labute approximate surface area is 142 Å². The van der Waals surface area contributed by atoms with E-state index in [0.717, 1.165) is 0 Å². The van der Waals surface area contributed by atoms with Gasteiger partial charge in [-0.15, -0.1) is 0 Å². The normalized spacial score (nSPS) is 10.9. The van der Waals surface area contributed by atoms with Crippen LogP contribution in [0.3, 0.4) is 0 Å². The predicted molar refractivity (Wildman–Crippen MR) is 92.2 cm³/mol. The molecule has 3 aromatic rings. The third kappa shape index (κ3) is 3.35. The first kappa shape index (κ1) is 16.3. The van der Waals surface area contributed by atoms with Crippen molar-refractivity contribution in [2.45, 2.75) is 0 Å². The van der Waals surface area contributed by atoms with Gasteiger partial charge in [-0.1, -0.05) is 12.1 Å². The smallest absolute Gasteiger partial charge is 0.275 e. The fourth-order valence-corrected chi connectivity index (χ4v) is 2.23. The van der Waals surface area contributed by atoms with Crippen molar-refractivity contribution in [2.75, 3.05) is 7.11 Å². The molecule has 1 heterocycles. The van der Waals surface area contributed by atoms with Crippen molar-refractivity contribution in [1.82, 2.24) is 5.43 Å². The van der Waals surface area contributed by atoms with Gasteiger partial charge in [-0.25, -0.2) is 5.43 Å². The lowest BCUT2D eigenvalue weighted by Crippen LogP contribution is -2.18. The van der Waals surface area contributed by atoms with Gasteiger partial charge in [0.2, 0.25) is 5.43 Å². The van der Waals surface area contributed by atoms with Crippen molar-refractivity contribution in [3.8, 4) is 11.5 Å². The van der Waals surface area contributed by atoms with Gasteiger partial charge in [-0.3, -0.25) is 9.59 Å². The van der Waals surface area contributed by atoms with E-state index in [4.69, 9.17) is 9.15 Å². The summed E-state index contributed by atoms with van der Waals surface area (Å²) >= 11 is 0. The number of para-hydroxylation sites is 1. The number of aromatic hydroxyl groups is 1. The molecule has 0 bridgehead atoms. The summed E-state index contributed by atoms with van der Waals surface area (Å²) in [5.74, 6) is -0.175. The van der Waals surface area contributed by atoms with Gasteiger partial charge < -0.3 is 14.3 Å². The number of benzene rings is 2. The van der Waals surface area contributed by atoms with Gasteiger partial charge in [-0.2, -0.15) is 5.10 Å². The van der Waals surface area contributed by atoms with Crippen LogP contribution >= 0.6 is 0 Å². The fraction of sp³-hybridized carbons (Fsp3) is 0.0556. The molecule has 2 N–H and O–H groups in total. The average Bonchev–Trinajstić information content (AvgIpc) is 2.63. The number of rotatable bonds is 4. The Hall–Kier alpha value is -3.61. The molecule has 0 aliphatic heterocycles. The van der Waals surface area contributed by atoms with Crippen LogP contribution in [0.5, 0.6) is 11.5 Å². The quantitative estimate of drug-likeness (QED) is 0.561. The third-order valence-corrected chi connectivity index (χ3v) is 3.53. The van der Waals surface area contributed by atoms with E-state index in [2.05, 4.69) is 10.5 Å². The molecule has 7 nitrogen and oxygen atoms in total. The maximum absolute atomic E-state index is 12.4. The number of ether oxygens (including phenoxy) is 1. The number of amides is 1. The van der Waals surface area contributed by atoms with Gasteiger partial charge in [0.1, 0.15) is 23.3 Å². The Morgan fingerprint density at radius 3 is 2.84 bits per heavy atom. The molecule has 2 aromatic carbocycles. The van der Waals surface area contributed by atoms with Crippen molar-refractivity contribution in [3.05, 3.63) is 70.1 Å². The van der Waals surface area contributed by atoms with Gasteiger partial charge >= 0.3 is 0 Å². The van der Waals surface area contributed by atoms with Crippen LogP contribution in [0, 0.1) is 0 Å². The number of hydrazone groups is 1. The second-order valence-corrected chi connectivity index (χ2v) is 5.10. The molecule has 0 saturated carbocycles. The monoisotopic (exact) mass is 338 g/mol. The minimum atomic E-state index is -0.593. The Balaban J connectivity index is 1.82. The van der Waals surface area contributed by atoms with Crippen molar-refractivity contribution < 1.29 is 19.1 Å². The molecule has 0 atom stereocenters. The van der Waals surface area contributed by atoms with Gasteiger partial charge in [0.25, 0.3) is 5.91 Å². The zero-order chi connectivity index (χ0) is 17.8. The predicted octanol–water partition coefficient (Wildman–Crippen LogP) is 2.27. The number of fused-ring (bicyclic) bond motifs is 1. The number of phenolic OH excluding ortho intramolecular Hbond substituents is 1. The van der Waals surface area contributed by atoms with Gasteiger partial charge in [0, 0.05) is 6.07 Å². The Bertz CT molecular complexity index is 1020. The SMILES string of the molecule is COc1ccc2c(=O)c(/C=N/NC(=O)c3ccccc3O)coc2c1. The zero-order valence-electron chi connectivity index (χ0n) is 13.2. The second-order valence-electron chi connectivity index (χ2n) is 5.10. The molecule has 0 aliphatic rings. The minimum absolute atomic E-state index is 0.0808. The molecule has 7 heteroatoms. The van der Waals surface area contributed by atoms with Crippen LogP contribution < -0.4 is 15.6 Å². The summed E-state index contributed by atoms with van der Waals surface area (Å²) in [6, 6.07) is 10.9. The molecule has 0 unspecified atom stereocenters. The van der Waals surface area contributed by atoms with Crippen LogP contribution in [-0.4, -0.2) is 24.3 Å². The van der Waals surface area contributed by atoms with E-state index in [1.807, 2.05) is 0 Å². The maximum Gasteiger partial charge on any atom is 0.275 e. The topological polar surface area (TPSA) is 101 Å². The van der Waals surface area contributed by atoms with E-state index in [-0.39, 0.29) is 22.3 Å². The van der Waals surface area contributed by atoms with E-state index in [9.17, 15) is 14.7 Å². The highest BCUT2D eigenvalue weighted by molar-refractivity contribution is 5.97. The highest BCUT2D eigenvalue weighted by Crippen LogP contribution is 2.18. The highest BCUT2D eigenvalue weighted by Gasteiger charge is 2.09. The van der Waals surface area contributed by atoms with Crippen LogP contribution in [0.4, 0.5) is 0 Å². The molecular formula is C18H14N2O5. The average molecular weight is 338 g/mol. The summed E-state index contributed by atoms with van der Waals surface area (Å²) in [5, 5.41) is 13.7. The molecule has 25 heavy (non-hydrogen) atoms. The van der Waals surface area contributed by atoms with Crippen LogP contribution in [-0.2, 0) is 0 Å². The van der Waals surface area contributed by atoms with Crippen LogP contribution in [0.25, 0.3) is 11.0 Å².